The van der Waals surface area contributed by atoms with E-state index in [1.165, 1.54) is 128 Å². The maximum atomic E-state index is 4.74. The first-order chi connectivity index (χ1) is 19.8. The highest BCUT2D eigenvalue weighted by atomic mass is 14.9. The smallest absolute Gasteiger partial charge is 0.272 e. The molecule has 0 spiro atoms. The molecule has 224 valence electrons. The number of nitrogens with zero attached hydrogens (tertiary/aromatic N) is 4. The number of hydrogen-bond donors (Lipinski definition) is 0. The van der Waals surface area contributed by atoms with E-state index >= 15 is 0 Å². The molecule has 0 N–H and O–H groups in total. The van der Waals surface area contributed by atoms with Crippen LogP contribution in [0, 0.1) is 0 Å². The third kappa shape index (κ3) is 18.3. The standard InChI is InChI=1S/C36H62N4/c1-3-5-7-9-15-19-27-37-35-23-31-39(32-24-35)29-21-17-13-11-12-14-18-22-30-40-33-25-36(26-34-40)38-28-20-16-10-8-6-4-2/h23-26,31-34H,3-22,27-30H2,1-2H3/q+2. The molecule has 2 aromatic heterocycles. The van der Waals surface area contributed by atoms with Crippen molar-refractivity contribution in [3.8, 4) is 0 Å². The van der Waals surface area contributed by atoms with Gasteiger partial charge in [0.1, 0.15) is 0 Å². The summed E-state index contributed by atoms with van der Waals surface area (Å²) in [7, 11) is 0. The molecule has 0 amide bonds. The van der Waals surface area contributed by atoms with Crippen LogP contribution >= 0.6 is 0 Å². The van der Waals surface area contributed by atoms with Crippen LogP contribution in [0.25, 0.3) is 0 Å². The van der Waals surface area contributed by atoms with Crippen molar-refractivity contribution >= 4 is 0 Å². The molecule has 0 aliphatic carbocycles. The Morgan fingerprint density at radius 1 is 0.400 bits per heavy atom. The van der Waals surface area contributed by atoms with Gasteiger partial charge in [-0.15, -0.1) is 0 Å². The van der Waals surface area contributed by atoms with E-state index < -0.39 is 0 Å². The first-order valence-corrected chi connectivity index (χ1v) is 17.1. The lowest BCUT2D eigenvalue weighted by Crippen LogP contribution is -2.14. The van der Waals surface area contributed by atoms with Crippen LogP contribution in [0.3, 0.4) is 0 Å². The van der Waals surface area contributed by atoms with Crippen LogP contribution in [0.2, 0.25) is 0 Å². The van der Waals surface area contributed by atoms with Crippen molar-refractivity contribution in [1.82, 2.24) is 19.1 Å². The second kappa shape index (κ2) is 24.7. The van der Waals surface area contributed by atoms with Gasteiger partial charge in [-0.1, -0.05) is 104 Å². The summed E-state index contributed by atoms with van der Waals surface area (Å²) in [6.45, 7) is 8.74. The van der Waals surface area contributed by atoms with Crippen LogP contribution in [-0.4, -0.2) is 22.2 Å². The molecule has 0 unspecified atom stereocenters. The van der Waals surface area contributed by atoms with Gasteiger partial charge in [-0.3, -0.25) is 0 Å². The first kappa shape index (κ1) is 34.1. The Kier molecular flexibility index (Phi) is 21.0. The van der Waals surface area contributed by atoms with Gasteiger partial charge in [0.15, 0.2) is 0 Å². The Bertz CT molecular complexity index is 851. The number of rotatable bonds is 25. The topological polar surface area (TPSA) is 38.1 Å². The summed E-state index contributed by atoms with van der Waals surface area (Å²) in [5, 5.41) is 2.27. The molecule has 0 aromatic carbocycles. The maximum absolute atomic E-state index is 4.74. The zero-order valence-electron chi connectivity index (χ0n) is 26.4. The molecule has 0 atom stereocenters. The average molecular weight is 551 g/mol. The molecule has 0 saturated heterocycles. The summed E-state index contributed by atoms with van der Waals surface area (Å²) in [5.74, 6) is 0. The van der Waals surface area contributed by atoms with E-state index in [4.69, 9.17) is 9.98 Å². The summed E-state index contributed by atoms with van der Waals surface area (Å²) >= 11 is 0. The number of aromatic nitrogens is 2. The second-order valence-electron chi connectivity index (χ2n) is 11.7. The minimum atomic E-state index is 0.970. The quantitative estimate of drug-likeness (QED) is 0.112. The van der Waals surface area contributed by atoms with Gasteiger partial charge in [-0.25, -0.2) is 0 Å². The zero-order chi connectivity index (χ0) is 28.4. The normalized spacial score (nSPS) is 11.2. The van der Waals surface area contributed by atoms with Crippen molar-refractivity contribution in [3.63, 3.8) is 0 Å². The largest absolute Gasteiger partial charge is 0.354 e. The summed E-state index contributed by atoms with van der Waals surface area (Å²) in [6, 6.07) is 8.71. The molecule has 0 saturated carbocycles. The van der Waals surface area contributed by atoms with Crippen LogP contribution in [0.1, 0.15) is 142 Å². The fraction of sp³-hybridized carbons (Fsp3) is 0.722. The van der Waals surface area contributed by atoms with Crippen molar-refractivity contribution in [2.75, 3.05) is 13.1 Å². The molecule has 4 nitrogen and oxygen atoms in total. The van der Waals surface area contributed by atoms with E-state index in [9.17, 15) is 0 Å². The van der Waals surface area contributed by atoms with Gasteiger partial charge in [0.05, 0.1) is 0 Å². The average Bonchev–Trinajstić information content (AvgIpc) is 2.98. The predicted octanol–water partition coefficient (Wildman–Crippen LogP) is 8.30. The third-order valence-corrected chi connectivity index (χ3v) is 7.94. The summed E-state index contributed by atoms with van der Waals surface area (Å²) < 4.78 is 4.63. The number of aryl methyl sites for hydroxylation is 2. The molecule has 2 rings (SSSR count). The minimum absolute atomic E-state index is 0.970. The van der Waals surface area contributed by atoms with Crippen LogP contribution in [0.15, 0.2) is 49.1 Å². The van der Waals surface area contributed by atoms with Crippen molar-refractivity contribution in [1.29, 1.82) is 0 Å². The molecule has 2 radical (unpaired) electrons. The molecule has 0 bridgehead atoms. The molecule has 0 fully saturated rings. The summed E-state index contributed by atoms with van der Waals surface area (Å²) in [5.41, 5.74) is 0. The third-order valence-electron chi connectivity index (χ3n) is 7.94. The molecule has 40 heavy (non-hydrogen) atoms. The van der Waals surface area contributed by atoms with Crippen molar-refractivity contribution in [3.05, 3.63) is 59.8 Å². The van der Waals surface area contributed by atoms with E-state index in [0.29, 0.717) is 0 Å². The van der Waals surface area contributed by atoms with Crippen molar-refractivity contribution in [2.45, 2.75) is 155 Å². The van der Waals surface area contributed by atoms with Crippen molar-refractivity contribution < 1.29 is 0 Å². The molecule has 0 aliphatic rings. The van der Waals surface area contributed by atoms with E-state index in [1.54, 1.807) is 0 Å². The van der Waals surface area contributed by atoms with Gasteiger partial charge in [0.2, 0.25) is 13.1 Å². The van der Waals surface area contributed by atoms with Crippen LogP contribution < -0.4 is 20.7 Å². The zero-order valence-corrected chi connectivity index (χ0v) is 26.4. The van der Waals surface area contributed by atoms with Gasteiger partial charge in [-0.2, -0.15) is 0 Å². The Hall–Kier alpha value is -2.10. The highest BCUT2D eigenvalue weighted by molar-refractivity contribution is 4.93. The van der Waals surface area contributed by atoms with E-state index in [-0.39, 0.29) is 0 Å². The molecule has 4 heteroatoms. The van der Waals surface area contributed by atoms with Crippen LogP contribution in [-0.2, 0) is 13.1 Å². The van der Waals surface area contributed by atoms with Gasteiger partial charge in [0.25, 0.3) is 10.7 Å². The lowest BCUT2D eigenvalue weighted by molar-refractivity contribution is 0.524. The minimum Gasteiger partial charge on any atom is -0.354 e. The van der Waals surface area contributed by atoms with E-state index in [1.807, 2.05) is 0 Å². The Morgan fingerprint density at radius 2 is 0.700 bits per heavy atom. The Morgan fingerprint density at radius 3 is 1.05 bits per heavy atom. The maximum Gasteiger partial charge on any atom is 0.272 e. The van der Waals surface area contributed by atoms with Crippen LogP contribution in [0.4, 0.5) is 0 Å². The number of hydrogen-bond acceptors (Lipinski definition) is 2. The highest BCUT2D eigenvalue weighted by Crippen LogP contribution is 2.10. The SMILES string of the molecule is CCCCCCCC[N+]=c1ccn(CCCCCCCCCCn2ccc(=[N+]CCCCCCCC)cc2)cc1. The first-order valence-electron chi connectivity index (χ1n) is 17.1. The second-order valence-corrected chi connectivity index (χ2v) is 11.7. The number of pyridine rings is 2. The van der Waals surface area contributed by atoms with Gasteiger partial charge < -0.3 is 9.13 Å². The van der Waals surface area contributed by atoms with Gasteiger partial charge in [-0.05, 0) is 25.7 Å². The van der Waals surface area contributed by atoms with Crippen LogP contribution in [0.5, 0.6) is 0 Å². The molecule has 0 aliphatic heterocycles. The Balaban J connectivity index is 1.42. The Labute approximate surface area is 247 Å². The summed E-state index contributed by atoms with van der Waals surface area (Å²) in [4.78, 5) is 9.48. The number of unbranched alkanes of at least 4 members (excludes halogenated alkanes) is 17. The van der Waals surface area contributed by atoms with Gasteiger partial charge in [0, 0.05) is 85.0 Å². The fourth-order valence-electron chi connectivity index (χ4n) is 5.26. The summed E-state index contributed by atoms with van der Waals surface area (Å²) in [6.07, 6.45) is 35.5. The molecule has 2 heterocycles. The lowest BCUT2D eigenvalue weighted by Gasteiger charge is -2.06. The highest BCUT2D eigenvalue weighted by Gasteiger charge is 2.00. The van der Waals surface area contributed by atoms with Gasteiger partial charge >= 0.3 is 0 Å². The fourth-order valence-corrected chi connectivity index (χ4v) is 5.26. The van der Waals surface area contributed by atoms with E-state index in [2.05, 4.69) is 72.0 Å². The molecular weight excluding hydrogens is 488 g/mol. The monoisotopic (exact) mass is 550 g/mol. The lowest BCUT2D eigenvalue weighted by atomic mass is 10.1. The van der Waals surface area contributed by atoms with E-state index in [0.717, 1.165) is 36.9 Å². The molecule has 2 aromatic rings. The van der Waals surface area contributed by atoms with Crippen molar-refractivity contribution in [2.24, 2.45) is 0 Å². The molecular formula is C36H62N4+2. The predicted molar refractivity (Wildman–Crippen MR) is 173 cm³/mol.